The van der Waals surface area contributed by atoms with Crippen molar-refractivity contribution in [3.05, 3.63) is 35.9 Å². The van der Waals surface area contributed by atoms with Crippen LogP contribution in [0.25, 0.3) is 0 Å². The highest BCUT2D eigenvalue weighted by atomic mass is 16.5. The van der Waals surface area contributed by atoms with Crippen LogP contribution in [-0.2, 0) is 11.2 Å². The summed E-state index contributed by atoms with van der Waals surface area (Å²) in [6, 6.07) is 11.1. The summed E-state index contributed by atoms with van der Waals surface area (Å²) in [5.74, 6) is 0. The van der Waals surface area contributed by atoms with E-state index in [0.29, 0.717) is 25.3 Å². The third-order valence-corrected chi connectivity index (χ3v) is 2.45. The topological polar surface area (TPSA) is 41.5 Å². The molecule has 3 heteroatoms. The Hall–Kier alpha value is -0.900. The lowest BCUT2D eigenvalue weighted by atomic mass is 10.1. The molecular formula is C14H23NO2. The molecular weight excluding hydrogens is 214 g/mol. The van der Waals surface area contributed by atoms with Crippen LogP contribution in [0.3, 0.4) is 0 Å². The van der Waals surface area contributed by atoms with Crippen LogP contribution >= 0.6 is 0 Å². The molecule has 0 aliphatic heterocycles. The highest BCUT2D eigenvalue weighted by Crippen LogP contribution is 2.04. The van der Waals surface area contributed by atoms with Crippen molar-refractivity contribution in [1.29, 1.82) is 0 Å². The van der Waals surface area contributed by atoms with Crippen LogP contribution in [0.5, 0.6) is 0 Å². The van der Waals surface area contributed by atoms with Crippen molar-refractivity contribution in [3.8, 4) is 0 Å². The van der Waals surface area contributed by atoms with Crippen LogP contribution in [-0.4, -0.2) is 37.0 Å². The number of nitrogens with one attached hydrogen (secondary N) is 1. The second-order valence-electron chi connectivity index (χ2n) is 4.51. The maximum Gasteiger partial charge on any atom is 0.0698 e. The Balaban J connectivity index is 2.45. The Morgan fingerprint density at radius 3 is 2.53 bits per heavy atom. The van der Waals surface area contributed by atoms with Crippen molar-refractivity contribution in [2.45, 2.75) is 32.4 Å². The minimum Gasteiger partial charge on any atom is -0.394 e. The number of benzene rings is 1. The monoisotopic (exact) mass is 237 g/mol. The fraction of sp³-hybridized carbons (Fsp3) is 0.571. The van der Waals surface area contributed by atoms with E-state index < -0.39 is 0 Å². The van der Waals surface area contributed by atoms with Gasteiger partial charge in [0.15, 0.2) is 0 Å². The third-order valence-electron chi connectivity index (χ3n) is 2.45. The summed E-state index contributed by atoms with van der Waals surface area (Å²) in [7, 11) is 0. The molecule has 17 heavy (non-hydrogen) atoms. The zero-order chi connectivity index (χ0) is 12.5. The Morgan fingerprint density at radius 1 is 1.24 bits per heavy atom. The minimum atomic E-state index is 0.0831. The van der Waals surface area contributed by atoms with E-state index in [9.17, 15) is 0 Å². The van der Waals surface area contributed by atoms with Gasteiger partial charge in [-0.25, -0.2) is 0 Å². The number of aliphatic hydroxyl groups is 1. The van der Waals surface area contributed by atoms with E-state index in [-0.39, 0.29) is 6.61 Å². The van der Waals surface area contributed by atoms with Gasteiger partial charge in [-0.3, -0.25) is 0 Å². The molecule has 96 valence electrons. The summed E-state index contributed by atoms with van der Waals surface area (Å²) in [5.41, 5.74) is 1.30. The number of aliphatic hydroxyl groups excluding tert-OH is 1. The molecule has 0 radical (unpaired) electrons. The van der Waals surface area contributed by atoms with Gasteiger partial charge in [-0.1, -0.05) is 44.2 Å². The summed E-state index contributed by atoms with van der Waals surface area (Å²) in [5, 5.41) is 12.2. The molecule has 1 aromatic rings. The van der Waals surface area contributed by atoms with Crippen molar-refractivity contribution in [3.63, 3.8) is 0 Å². The summed E-state index contributed by atoms with van der Waals surface area (Å²) >= 11 is 0. The van der Waals surface area contributed by atoms with Gasteiger partial charge in [0.2, 0.25) is 0 Å². The second kappa shape index (κ2) is 8.23. The number of ether oxygens (including phenoxy) is 1. The molecule has 0 aromatic heterocycles. The minimum absolute atomic E-state index is 0.0831. The first-order valence-electron chi connectivity index (χ1n) is 6.21. The molecule has 0 spiro atoms. The predicted molar refractivity (Wildman–Crippen MR) is 70.1 cm³/mol. The molecule has 3 nitrogen and oxygen atoms in total. The summed E-state index contributed by atoms with van der Waals surface area (Å²) in [4.78, 5) is 0. The molecule has 1 aromatic carbocycles. The quantitative estimate of drug-likeness (QED) is 0.675. The molecule has 0 saturated heterocycles. The van der Waals surface area contributed by atoms with Crippen molar-refractivity contribution in [2.24, 2.45) is 0 Å². The molecule has 1 atom stereocenters. The average Bonchev–Trinajstić information content (AvgIpc) is 2.30. The van der Waals surface area contributed by atoms with Crippen molar-refractivity contribution < 1.29 is 9.84 Å². The number of rotatable bonds is 8. The Labute approximate surface area is 104 Å². The largest absolute Gasteiger partial charge is 0.394 e. The molecule has 0 bridgehead atoms. The molecule has 0 heterocycles. The van der Waals surface area contributed by atoms with Gasteiger partial charge in [0.25, 0.3) is 0 Å². The molecule has 2 N–H and O–H groups in total. The lowest BCUT2D eigenvalue weighted by Crippen LogP contribution is -2.40. The van der Waals surface area contributed by atoms with Gasteiger partial charge in [0, 0.05) is 12.1 Å². The SMILES string of the molecule is CC(C)N[C@H](COCCO)Cc1ccccc1. The van der Waals surface area contributed by atoms with Crippen LogP contribution in [0.2, 0.25) is 0 Å². The average molecular weight is 237 g/mol. The van der Waals surface area contributed by atoms with Crippen LogP contribution in [0, 0.1) is 0 Å². The van der Waals surface area contributed by atoms with E-state index in [0.717, 1.165) is 6.42 Å². The van der Waals surface area contributed by atoms with Gasteiger partial charge >= 0.3 is 0 Å². The Kier molecular flexibility index (Phi) is 6.86. The molecule has 0 unspecified atom stereocenters. The molecule has 0 aliphatic rings. The van der Waals surface area contributed by atoms with Crippen molar-refractivity contribution in [2.75, 3.05) is 19.8 Å². The van der Waals surface area contributed by atoms with Crippen LogP contribution in [0.1, 0.15) is 19.4 Å². The zero-order valence-corrected chi connectivity index (χ0v) is 10.7. The van der Waals surface area contributed by atoms with Crippen LogP contribution in [0.15, 0.2) is 30.3 Å². The molecule has 1 rings (SSSR count). The summed E-state index contributed by atoms with van der Waals surface area (Å²) in [6.45, 7) is 5.38. The first-order valence-corrected chi connectivity index (χ1v) is 6.21. The van der Waals surface area contributed by atoms with E-state index in [4.69, 9.17) is 9.84 Å². The zero-order valence-electron chi connectivity index (χ0n) is 10.7. The normalized spacial score (nSPS) is 12.9. The predicted octanol–water partition coefficient (Wildman–Crippen LogP) is 1.60. The molecule has 0 amide bonds. The Morgan fingerprint density at radius 2 is 1.94 bits per heavy atom. The van der Waals surface area contributed by atoms with Crippen LogP contribution in [0.4, 0.5) is 0 Å². The summed E-state index contributed by atoms with van der Waals surface area (Å²) in [6.07, 6.45) is 0.949. The highest BCUT2D eigenvalue weighted by Gasteiger charge is 2.10. The fourth-order valence-corrected chi connectivity index (χ4v) is 1.83. The number of hydrogen-bond donors (Lipinski definition) is 2. The van der Waals surface area contributed by atoms with Gasteiger partial charge in [0.1, 0.15) is 0 Å². The van der Waals surface area contributed by atoms with Crippen LogP contribution < -0.4 is 5.32 Å². The highest BCUT2D eigenvalue weighted by molar-refractivity contribution is 5.15. The first kappa shape index (κ1) is 14.2. The standard InChI is InChI=1S/C14H23NO2/c1-12(2)15-14(11-17-9-8-16)10-13-6-4-3-5-7-13/h3-7,12,14-16H,8-11H2,1-2H3/t14-/m0/s1. The van der Waals surface area contributed by atoms with Gasteiger partial charge in [-0.05, 0) is 12.0 Å². The van der Waals surface area contributed by atoms with E-state index in [1.165, 1.54) is 5.56 Å². The van der Waals surface area contributed by atoms with Crippen molar-refractivity contribution >= 4 is 0 Å². The van der Waals surface area contributed by atoms with E-state index in [1.807, 2.05) is 6.07 Å². The molecule has 0 saturated carbocycles. The van der Waals surface area contributed by atoms with Gasteiger partial charge in [0.05, 0.1) is 19.8 Å². The fourth-order valence-electron chi connectivity index (χ4n) is 1.83. The third kappa shape index (κ3) is 6.41. The lowest BCUT2D eigenvalue weighted by Gasteiger charge is -2.21. The lowest BCUT2D eigenvalue weighted by molar-refractivity contribution is 0.0751. The maximum absolute atomic E-state index is 8.71. The van der Waals surface area contributed by atoms with E-state index >= 15 is 0 Å². The second-order valence-corrected chi connectivity index (χ2v) is 4.51. The van der Waals surface area contributed by atoms with Gasteiger partial charge in [-0.2, -0.15) is 0 Å². The number of hydrogen-bond acceptors (Lipinski definition) is 3. The molecule has 0 fully saturated rings. The smallest absolute Gasteiger partial charge is 0.0698 e. The van der Waals surface area contributed by atoms with E-state index in [2.05, 4.69) is 43.4 Å². The van der Waals surface area contributed by atoms with Crippen molar-refractivity contribution in [1.82, 2.24) is 5.32 Å². The molecule has 0 aliphatic carbocycles. The first-order chi connectivity index (χ1) is 8.22. The van der Waals surface area contributed by atoms with E-state index in [1.54, 1.807) is 0 Å². The summed E-state index contributed by atoms with van der Waals surface area (Å²) < 4.78 is 5.41. The van der Waals surface area contributed by atoms with Gasteiger partial charge < -0.3 is 15.2 Å². The van der Waals surface area contributed by atoms with Gasteiger partial charge in [-0.15, -0.1) is 0 Å². The Bertz CT molecular complexity index is 288. The maximum atomic E-state index is 8.71.